The van der Waals surface area contributed by atoms with Crippen LogP contribution in [-0.4, -0.2) is 25.1 Å². The van der Waals surface area contributed by atoms with E-state index in [4.69, 9.17) is 0 Å². The molecule has 0 aliphatic rings. The zero-order chi connectivity index (χ0) is 10.8. The monoisotopic (exact) mass is 217 g/mol. The van der Waals surface area contributed by atoms with E-state index in [2.05, 4.69) is 37.8 Å². The largest absolute Gasteiger partial charge is 0.319 e. The van der Waals surface area contributed by atoms with E-state index in [0.717, 1.165) is 18.4 Å². The predicted molar refractivity (Wildman–Crippen MR) is 69.1 cm³/mol. The van der Waals surface area contributed by atoms with Gasteiger partial charge < -0.3 is 5.32 Å². The molecule has 0 amide bonds. The molecule has 86 valence electrons. The van der Waals surface area contributed by atoms with E-state index < -0.39 is 0 Å². The van der Waals surface area contributed by atoms with Gasteiger partial charge in [0.15, 0.2) is 0 Å². The van der Waals surface area contributed by atoms with Crippen LogP contribution in [0.15, 0.2) is 0 Å². The lowest BCUT2D eigenvalue weighted by atomic mass is 9.90. The third kappa shape index (κ3) is 6.72. The zero-order valence-corrected chi connectivity index (χ0v) is 11.1. The molecule has 2 atom stereocenters. The Bertz CT molecular complexity index is 117. The third-order valence-corrected chi connectivity index (χ3v) is 4.09. The molecule has 0 aromatic rings. The summed E-state index contributed by atoms with van der Waals surface area (Å²) < 4.78 is 0. The van der Waals surface area contributed by atoms with Gasteiger partial charge in [-0.15, -0.1) is 0 Å². The fourth-order valence-electron chi connectivity index (χ4n) is 1.65. The van der Waals surface area contributed by atoms with Gasteiger partial charge in [-0.3, -0.25) is 0 Å². The molecule has 0 aromatic heterocycles. The molecular formula is C12H27NS. The van der Waals surface area contributed by atoms with E-state index in [-0.39, 0.29) is 0 Å². The molecule has 0 bridgehead atoms. The molecule has 1 nitrogen and oxygen atoms in total. The lowest BCUT2D eigenvalue weighted by Gasteiger charge is -2.22. The van der Waals surface area contributed by atoms with Crippen molar-refractivity contribution in [2.45, 2.75) is 40.0 Å². The topological polar surface area (TPSA) is 12.0 Å². The molecule has 0 radical (unpaired) electrons. The van der Waals surface area contributed by atoms with Crippen molar-refractivity contribution >= 4 is 11.8 Å². The summed E-state index contributed by atoms with van der Waals surface area (Å²) in [5.41, 5.74) is 0. The second-order valence-corrected chi connectivity index (χ2v) is 5.26. The molecule has 0 saturated carbocycles. The van der Waals surface area contributed by atoms with Crippen LogP contribution in [0.2, 0.25) is 0 Å². The lowest BCUT2D eigenvalue weighted by Crippen LogP contribution is -2.16. The highest BCUT2D eigenvalue weighted by Gasteiger charge is 2.14. The Kier molecular flexibility index (Phi) is 10.1. The first-order chi connectivity index (χ1) is 6.76. The first kappa shape index (κ1) is 14.3. The van der Waals surface area contributed by atoms with Crippen molar-refractivity contribution < 1.29 is 0 Å². The van der Waals surface area contributed by atoms with Gasteiger partial charge >= 0.3 is 0 Å². The van der Waals surface area contributed by atoms with E-state index in [0.29, 0.717) is 0 Å². The Labute approximate surface area is 94.4 Å². The molecule has 2 unspecified atom stereocenters. The van der Waals surface area contributed by atoms with Gasteiger partial charge in [0.1, 0.15) is 0 Å². The molecule has 14 heavy (non-hydrogen) atoms. The van der Waals surface area contributed by atoms with Crippen LogP contribution in [0.25, 0.3) is 0 Å². The summed E-state index contributed by atoms with van der Waals surface area (Å²) in [6.45, 7) is 8.15. The van der Waals surface area contributed by atoms with Crippen molar-refractivity contribution in [3.63, 3.8) is 0 Å². The van der Waals surface area contributed by atoms with Gasteiger partial charge in [0.2, 0.25) is 0 Å². The minimum absolute atomic E-state index is 0.900. The fraction of sp³-hybridized carbons (Fsp3) is 1.00. The lowest BCUT2D eigenvalue weighted by molar-refractivity contribution is 0.358. The maximum Gasteiger partial charge on any atom is 0.00580 e. The quantitative estimate of drug-likeness (QED) is 0.594. The zero-order valence-electron chi connectivity index (χ0n) is 10.3. The van der Waals surface area contributed by atoms with Crippen molar-refractivity contribution in [3.05, 3.63) is 0 Å². The third-order valence-electron chi connectivity index (χ3n) is 2.94. The number of nitrogens with one attached hydrogen (secondary N) is 1. The maximum atomic E-state index is 3.20. The molecular weight excluding hydrogens is 190 g/mol. The van der Waals surface area contributed by atoms with Crippen LogP contribution in [0.4, 0.5) is 0 Å². The molecule has 0 aliphatic heterocycles. The van der Waals surface area contributed by atoms with Crippen LogP contribution in [0.3, 0.4) is 0 Å². The Morgan fingerprint density at radius 1 is 1.29 bits per heavy atom. The van der Waals surface area contributed by atoms with Gasteiger partial charge in [0.25, 0.3) is 0 Å². The SMILES string of the molecule is CCCC(CSCCNC)C(C)CC. The van der Waals surface area contributed by atoms with Crippen LogP contribution in [-0.2, 0) is 0 Å². The minimum Gasteiger partial charge on any atom is -0.319 e. The Morgan fingerprint density at radius 3 is 2.50 bits per heavy atom. The van der Waals surface area contributed by atoms with Crippen molar-refractivity contribution in [2.24, 2.45) is 11.8 Å². The van der Waals surface area contributed by atoms with Crippen LogP contribution in [0.5, 0.6) is 0 Å². The standard InChI is InChI=1S/C12H27NS/c1-5-7-12(11(3)6-2)10-14-9-8-13-4/h11-13H,5-10H2,1-4H3. The summed E-state index contributed by atoms with van der Waals surface area (Å²) in [5, 5.41) is 3.20. The highest BCUT2D eigenvalue weighted by molar-refractivity contribution is 7.99. The van der Waals surface area contributed by atoms with Gasteiger partial charge in [-0.1, -0.05) is 33.6 Å². The average molecular weight is 217 g/mol. The predicted octanol–water partition coefficient (Wildman–Crippen LogP) is 3.40. The first-order valence-electron chi connectivity index (χ1n) is 5.98. The Hall–Kier alpha value is 0.310. The number of hydrogen-bond acceptors (Lipinski definition) is 2. The van der Waals surface area contributed by atoms with Crippen LogP contribution < -0.4 is 5.32 Å². The molecule has 0 fully saturated rings. The molecule has 0 aliphatic carbocycles. The van der Waals surface area contributed by atoms with Crippen molar-refractivity contribution in [3.8, 4) is 0 Å². The molecule has 0 spiro atoms. The summed E-state index contributed by atoms with van der Waals surface area (Å²) in [4.78, 5) is 0. The molecule has 0 aromatic carbocycles. The summed E-state index contributed by atoms with van der Waals surface area (Å²) in [6.07, 6.45) is 4.07. The minimum atomic E-state index is 0.900. The van der Waals surface area contributed by atoms with Gasteiger partial charge in [0.05, 0.1) is 0 Å². The second kappa shape index (κ2) is 9.85. The molecule has 0 heterocycles. The summed E-state index contributed by atoms with van der Waals surface area (Å²) in [6, 6.07) is 0. The summed E-state index contributed by atoms with van der Waals surface area (Å²) >= 11 is 2.11. The molecule has 1 N–H and O–H groups in total. The van der Waals surface area contributed by atoms with Crippen molar-refractivity contribution in [2.75, 3.05) is 25.1 Å². The highest BCUT2D eigenvalue weighted by Crippen LogP contribution is 2.24. The van der Waals surface area contributed by atoms with Crippen LogP contribution in [0.1, 0.15) is 40.0 Å². The number of hydrogen-bond donors (Lipinski definition) is 1. The van der Waals surface area contributed by atoms with Crippen molar-refractivity contribution in [1.82, 2.24) is 5.32 Å². The Balaban J connectivity index is 3.61. The van der Waals surface area contributed by atoms with Gasteiger partial charge in [0, 0.05) is 12.3 Å². The van der Waals surface area contributed by atoms with E-state index >= 15 is 0 Å². The van der Waals surface area contributed by atoms with Gasteiger partial charge in [-0.2, -0.15) is 11.8 Å². The fourth-order valence-corrected chi connectivity index (χ4v) is 2.96. The number of rotatable bonds is 9. The van der Waals surface area contributed by atoms with E-state index in [9.17, 15) is 0 Å². The maximum absolute atomic E-state index is 3.20. The average Bonchev–Trinajstić information content (AvgIpc) is 2.21. The Morgan fingerprint density at radius 2 is 2.00 bits per heavy atom. The van der Waals surface area contributed by atoms with Gasteiger partial charge in [-0.25, -0.2) is 0 Å². The van der Waals surface area contributed by atoms with Crippen LogP contribution >= 0.6 is 11.8 Å². The second-order valence-electron chi connectivity index (χ2n) is 4.11. The first-order valence-corrected chi connectivity index (χ1v) is 7.14. The van der Waals surface area contributed by atoms with E-state index in [1.165, 1.54) is 30.8 Å². The molecule has 0 saturated heterocycles. The van der Waals surface area contributed by atoms with E-state index in [1.807, 2.05) is 7.05 Å². The summed E-state index contributed by atoms with van der Waals surface area (Å²) in [7, 11) is 2.03. The molecule has 0 rings (SSSR count). The van der Waals surface area contributed by atoms with E-state index in [1.54, 1.807) is 0 Å². The highest BCUT2D eigenvalue weighted by atomic mass is 32.2. The number of thioether (sulfide) groups is 1. The normalized spacial score (nSPS) is 15.4. The van der Waals surface area contributed by atoms with Crippen LogP contribution in [0, 0.1) is 11.8 Å². The van der Waals surface area contributed by atoms with Crippen molar-refractivity contribution in [1.29, 1.82) is 0 Å². The summed E-state index contributed by atoms with van der Waals surface area (Å²) in [5.74, 6) is 4.45. The van der Waals surface area contributed by atoms with Gasteiger partial charge in [-0.05, 0) is 31.1 Å². The molecule has 2 heteroatoms. The smallest absolute Gasteiger partial charge is 0.00580 e.